The minimum Gasteiger partial charge on any atom is -0.460 e. The van der Waals surface area contributed by atoms with Gasteiger partial charge in [0.2, 0.25) is 0 Å². The Bertz CT molecular complexity index is 3190. The third kappa shape index (κ3) is 17.1. The van der Waals surface area contributed by atoms with Gasteiger partial charge in [-0.05, 0) is 38.3 Å². The maximum atomic E-state index is 15.5. The molecule has 92 heavy (non-hydrogen) atoms. The number of benzene rings is 4. The zero-order valence-corrected chi connectivity index (χ0v) is 50.2. The number of hydrogen-bond donors (Lipinski definition) is 0. The molecule has 0 aromatic heterocycles. The molecule has 4 aromatic rings. The van der Waals surface area contributed by atoms with Crippen molar-refractivity contribution in [2.24, 2.45) is 0 Å². The predicted molar refractivity (Wildman–Crippen MR) is 304 cm³/mol. The average Bonchev–Trinajstić information content (AvgIpc) is 0.797. The van der Waals surface area contributed by atoms with E-state index in [9.17, 15) is 24.0 Å². The molecular formula is C65H66F12O15. The fraction of sp³-hybridized carbons (Fsp3) is 0.400. The van der Waals surface area contributed by atoms with Crippen molar-refractivity contribution in [2.75, 3.05) is 35.5 Å². The largest absolute Gasteiger partial charge is 0.460 e. The van der Waals surface area contributed by atoms with Gasteiger partial charge in [0.05, 0.1) is 6.10 Å². The Morgan fingerprint density at radius 3 is 1.20 bits per heavy atom. The van der Waals surface area contributed by atoms with Gasteiger partial charge in [-0.2, -0.15) is 52.7 Å². The van der Waals surface area contributed by atoms with E-state index < -0.39 is 162 Å². The molecule has 4 aromatic carbocycles. The predicted octanol–water partition coefficient (Wildman–Crippen LogP) is 13.1. The summed E-state index contributed by atoms with van der Waals surface area (Å²) >= 11 is 0. The number of rotatable bonds is 17. The van der Waals surface area contributed by atoms with E-state index in [1.165, 1.54) is 67.6 Å². The standard InChI is InChI=1S/C65H66F12O15/c1-43-26-25-38-52(92-57(82)61(87-6,65(75,76)77)47-33-19-10-20-34-47)51(83-2)41-40-50(91-56(81)60(86-5,64(72,73)74)46-31-17-9-18-32-46)42-49(90-55(80)59(85-4,63(69,70)71)45-29-15-8-16-30-45)37-23-11-21-35-48(36-22-12-24-39-53(78)88-43)89-54(79)58(84-3,62(66,67)68)44-27-13-7-14-28-44/h7-24,27-35,39-41,43,48-52H,25-26,36-38,42H2,1-6H3/b22-12+,23-11-,35-21+,39-24-,41-40+/t43-,48-,49+,50+,51-,52+,58+,59+,60+,61+/m1/s1. The molecule has 0 saturated heterocycles. The Hall–Kier alpha value is -8.11. The highest BCUT2D eigenvalue weighted by molar-refractivity contribution is 5.85. The van der Waals surface area contributed by atoms with Crippen molar-refractivity contribution in [3.63, 3.8) is 0 Å². The summed E-state index contributed by atoms with van der Waals surface area (Å²) in [4.78, 5) is 69.9. The molecule has 0 amide bonds. The number of cyclic esters (lactones) is 1. The van der Waals surface area contributed by atoms with Crippen LogP contribution < -0.4 is 0 Å². The first-order chi connectivity index (χ1) is 43.4. The number of carbonyl (C=O) groups excluding carboxylic acids is 5. The summed E-state index contributed by atoms with van der Waals surface area (Å²) in [6.07, 6.45) is -25.4. The summed E-state index contributed by atoms with van der Waals surface area (Å²) in [5, 5.41) is 0. The SMILES string of the molecule is CO[C@@H]1/C=C/[C@H](OC(=O)[C@@](OC)(c2ccccc2)C(F)(F)F)C[C@@H](OC(=O)[C@@](OC)(c2ccccc2)C(F)(F)F)C/C=C\C=C\[C@@H](OC(=O)[C@@](OC)(c2ccccc2)C(F)(F)F)C/C=C/C=C\C(=O)O[C@H](C)CCC[C@@H]1OC(=O)[C@@](OC)(c1ccccc1)C(F)(F)F. The summed E-state index contributed by atoms with van der Waals surface area (Å²) in [5.74, 6) is -9.35. The molecule has 0 bridgehead atoms. The van der Waals surface area contributed by atoms with Crippen molar-refractivity contribution in [1.29, 1.82) is 0 Å². The van der Waals surface area contributed by atoms with E-state index in [0.29, 0.717) is 28.4 Å². The van der Waals surface area contributed by atoms with Gasteiger partial charge in [0, 0.05) is 83.1 Å². The zero-order chi connectivity index (χ0) is 68.2. The number of ether oxygens (including phenoxy) is 10. The molecule has 27 heteroatoms. The summed E-state index contributed by atoms with van der Waals surface area (Å²) < 4.78 is 237. The van der Waals surface area contributed by atoms with Gasteiger partial charge in [-0.1, -0.05) is 164 Å². The summed E-state index contributed by atoms with van der Waals surface area (Å²) in [7, 11) is 3.21. The highest BCUT2D eigenvalue weighted by Crippen LogP contribution is 2.48. The number of alkyl halides is 12. The number of allylic oxidation sites excluding steroid dienone is 4. The Labute approximate surface area is 521 Å². The number of esters is 5. The van der Waals surface area contributed by atoms with E-state index in [1.807, 2.05) is 0 Å². The highest BCUT2D eigenvalue weighted by Gasteiger charge is 2.68. The second kappa shape index (κ2) is 32.4. The van der Waals surface area contributed by atoms with E-state index in [2.05, 4.69) is 0 Å². The van der Waals surface area contributed by atoms with Crippen LogP contribution in [-0.4, -0.2) is 127 Å². The van der Waals surface area contributed by atoms with E-state index >= 15 is 52.7 Å². The van der Waals surface area contributed by atoms with Crippen molar-refractivity contribution in [3.05, 3.63) is 204 Å². The molecule has 0 fully saturated rings. The molecule has 15 nitrogen and oxygen atoms in total. The molecule has 10 atom stereocenters. The van der Waals surface area contributed by atoms with Crippen LogP contribution in [0.4, 0.5) is 52.7 Å². The lowest BCUT2D eigenvalue weighted by atomic mass is 9.92. The molecule has 0 N–H and O–H groups in total. The molecule has 1 aliphatic rings. The fourth-order valence-corrected chi connectivity index (χ4v) is 9.93. The lowest BCUT2D eigenvalue weighted by Gasteiger charge is -2.35. The maximum Gasteiger partial charge on any atom is 0.432 e. The summed E-state index contributed by atoms with van der Waals surface area (Å²) in [5.41, 5.74) is -18.5. The molecule has 0 spiro atoms. The molecular weight excluding hydrogens is 1250 g/mol. The molecule has 0 aliphatic carbocycles. The van der Waals surface area contributed by atoms with E-state index in [4.69, 9.17) is 47.4 Å². The zero-order valence-electron chi connectivity index (χ0n) is 50.2. The van der Waals surface area contributed by atoms with Crippen molar-refractivity contribution < 1.29 is 124 Å². The van der Waals surface area contributed by atoms with Crippen molar-refractivity contribution >= 4 is 29.8 Å². The van der Waals surface area contributed by atoms with Crippen LogP contribution in [0, 0.1) is 0 Å². The summed E-state index contributed by atoms with van der Waals surface area (Å²) in [6, 6.07) is 21.8. The molecule has 5 rings (SSSR count). The van der Waals surface area contributed by atoms with Gasteiger partial charge in [0.15, 0.2) is 0 Å². The second-order valence-corrected chi connectivity index (χ2v) is 20.4. The number of carbonyl (C=O) groups is 5. The molecule has 0 saturated carbocycles. The Morgan fingerprint density at radius 1 is 0.435 bits per heavy atom. The second-order valence-electron chi connectivity index (χ2n) is 20.4. The number of methoxy groups -OCH3 is 5. The number of halogens is 12. The van der Waals surface area contributed by atoms with Crippen molar-refractivity contribution in [2.45, 2.75) is 129 Å². The van der Waals surface area contributed by atoms with Crippen LogP contribution >= 0.6 is 0 Å². The minimum atomic E-state index is -5.67. The van der Waals surface area contributed by atoms with Gasteiger partial charge in [0.25, 0.3) is 22.4 Å². The van der Waals surface area contributed by atoms with Gasteiger partial charge in [-0.25, -0.2) is 24.0 Å². The van der Waals surface area contributed by atoms with Gasteiger partial charge >= 0.3 is 54.6 Å². The van der Waals surface area contributed by atoms with Crippen molar-refractivity contribution in [3.8, 4) is 0 Å². The third-order valence-electron chi connectivity index (χ3n) is 14.6. The van der Waals surface area contributed by atoms with Crippen LogP contribution in [-0.2, 0) is 93.7 Å². The lowest BCUT2D eigenvalue weighted by molar-refractivity contribution is -0.280. The summed E-state index contributed by atoms with van der Waals surface area (Å²) in [6.45, 7) is 1.41. The first-order valence-corrected chi connectivity index (χ1v) is 28.0. The van der Waals surface area contributed by atoms with Crippen LogP contribution in [0.1, 0.15) is 67.7 Å². The monoisotopic (exact) mass is 1310 g/mol. The smallest absolute Gasteiger partial charge is 0.432 e. The van der Waals surface area contributed by atoms with Gasteiger partial charge < -0.3 is 47.4 Å². The van der Waals surface area contributed by atoms with E-state index in [-0.39, 0.29) is 12.8 Å². The minimum absolute atomic E-state index is 0.124. The lowest BCUT2D eigenvalue weighted by Crippen LogP contribution is -2.53. The third-order valence-corrected chi connectivity index (χ3v) is 14.6. The molecule has 1 aliphatic heterocycles. The normalized spacial score (nSPS) is 23.9. The molecule has 500 valence electrons. The van der Waals surface area contributed by atoms with Crippen LogP contribution in [0.5, 0.6) is 0 Å². The molecule has 1 heterocycles. The highest BCUT2D eigenvalue weighted by atomic mass is 19.4. The molecule has 0 radical (unpaired) electrons. The van der Waals surface area contributed by atoms with Gasteiger partial charge in [-0.3, -0.25) is 0 Å². The van der Waals surface area contributed by atoms with Crippen LogP contribution in [0.2, 0.25) is 0 Å². The van der Waals surface area contributed by atoms with Gasteiger partial charge in [0.1, 0.15) is 30.5 Å². The Morgan fingerprint density at radius 2 is 0.804 bits per heavy atom. The van der Waals surface area contributed by atoms with Gasteiger partial charge in [-0.15, -0.1) is 0 Å². The molecule has 0 unspecified atom stereocenters. The van der Waals surface area contributed by atoms with E-state index in [1.54, 1.807) is 0 Å². The van der Waals surface area contributed by atoms with Crippen LogP contribution in [0.3, 0.4) is 0 Å². The van der Waals surface area contributed by atoms with E-state index in [0.717, 1.165) is 129 Å². The van der Waals surface area contributed by atoms with Crippen molar-refractivity contribution in [1.82, 2.24) is 0 Å². The number of hydrogen-bond acceptors (Lipinski definition) is 15. The first-order valence-electron chi connectivity index (χ1n) is 28.0. The fourth-order valence-electron chi connectivity index (χ4n) is 9.93. The first kappa shape index (κ1) is 74.6. The quantitative estimate of drug-likeness (QED) is 0.0422. The Balaban J connectivity index is 1.75. The average molecular weight is 1320 g/mol. The topological polar surface area (TPSA) is 178 Å². The van der Waals surface area contributed by atoms with Crippen LogP contribution in [0.25, 0.3) is 0 Å². The maximum absolute atomic E-state index is 15.5. The Kier molecular flexibility index (Phi) is 26.3. The van der Waals surface area contributed by atoms with Crippen LogP contribution in [0.15, 0.2) is 182 Å².